The highest BCUT2D eigenvalue weighted by molar-refractivity contribution is 5.92. The van der Waals surface area contributed by atoms with E-state index in [0.717, 1.165) is 37.2 Å². The number of allylic oxidation sites excluding steroid dienone is 1. The summed E-state index contributed by atoms with van der Waals surface area (Å²) in [5, 5.41) is 49.7. The molecule has 0 amide bonds. The summed E-state index contributed by atoms with van der Waals surface area (Å²) in [6.45, 7) is 4.39. The van der Waals surface area contributed by atoms with E-state index in [-0.39, 0.29) is 55.0 Å². The Hall–Kier alpha value is -2.42. The average molecular weight is 583 g/mol. The molecule has 2 heterocycles. The third-order valence-electron chi connectivity index (χ3n) is 11.4. The molecular weight excluding hydrogens is 536 g/mol. The lowest BCUT2D eigenvalue weighted by Crippen LogP contribution is -2.64. The quantitative estimate of drug-likeness (QED) is 0.183. The average Bonchev–Trinajstić information content (AvgIpc) is 3.33. The van der Waals surface area contributed by atoms with Crippen molar-refractivity contribution in [2.45, 2.75) is 69.7 Å². The molecule has 2 aliphatic heterocycles. The largest absolute Gasteiger partial charge is 0.478 e. The minimum atomic E-state index is -1.64. The van der Waals surface area contributed by atoms with Crippen molar-refractivity contribution in [3.05, 3.63) is 23.4 Å². The van der Waals surface area contributed by atoms with E-state index in [2.05, 4.69) is 51.6 Å². The number of aliphatic hydroxyl groups excluding tert-OH is 2. The SMILES string of the molecule is CN=C1NCC#C[C@@H]2C[C@@H](C)[C@@]34C[C@](O)(CO[C@H]5CCC[C@H](O)C5)C(C(=O)O)=C3C[C@@H]2[C@@]42CN1C=C[C@@H]2CNCCO. The highest BCUT2D eigenvalue weighted by Crippen LogP contribution is 2.78. The van der Waals surface area contributed by atoms with Crippen LogP contribution in [0.15, 0.2) is 28.4 Å². The van der Waals surface area contributed by atoms with Gasteiger partial charge in [0.25, 0.3) is 0 Å². The number of carbonyl (C=O) groups is 1. The molecule has 6 aliphatic rings. The number of hydrogen-bond donors (Lipinski definition) is 6. The van der Waals surface area contributed by atoms with Crippen LogP contribution in [0, 0.1) is 46.3 Å². The molecule has 0 saturated heterocycles. The first-order chi connectivity index (χ1) is 20.2. The lowest BCUT2D eigenvalue weighted by atomic mass is 9.44. The van der Waals surface area contributed by atoms with Gasteiger partial charge >= 0.3 is 5.97 Å². The standard InChI is InChI=1S/C32H46N4O6/c1-20-13-21-5-4-9-35-29(33-2)36-11-8-22(16-34-10-12-37)32(18-36)25(21)15-26-27(28(39)40)30(41,17-31(20,26)32)19-42-24-7-3-6-23(38)14-24/h8,11,20-25,34,37-38,41H,3,6-7,9-10,12-19H2,1-2H3,(H,33,35)(H,39,40)/t20-,21-,22-,23+,24+,25+,30+,31+,32+/m1/s1. The fraction of sp³-hybridized carbons (Fsp3) is 0.750. The number of carboxylic acids is 1. The third kappa shape index (κ3) is 4.43. The number of rotatable bonds is 8. The van der Waals surface area contributed by atoms with Crippen LogP contribution >= 0.6 is 0 Å². The maximum Gasteiger partial charge on any atom is 0.334 e. The molecular formula is C32H46N4O6. The maximum absolute atomic E-state index is 13.1. The van der Waals surface area contributed by atoms with Crippen molar-refractivity contribution >= 4 is 11.9 Å². The van der Waals surface area contributed by atoms with E-state index in [1.807, 2.05) is 0 Å². The number of carboxylic acid groups (broad SMARTS) is 1. The molecule has 3 saturated carbocycles. The second-order valence-electron chi connectivity index (χ2n) is 13.4. The van der Waals surface area contributed by atoms with Crippen LogP contribution in [0.4, 0.5) is 0 Å². The van der Waals surface area contributed by atoms with Gasteiger partial charge in [0.1, 0.15) is 5.60 Å². The van der Waals surface area contributed by atoms with Crippen molar-refractivity contribution in [2.75, 3.05) is 46.4 Å². The van der Waals surface area contributed by atoms with Crippen LogP contribution in [0.2, 0.25) is 0 Å². The number of fused-ring (bicyclic) bond motifs is 1. The van der Waals surface area contributed by atoms with Crippen molar-refractivity contribution in [3.8, 4) is 11.8 Å². The highest BCUT2D eigenvalue weighted by Gasteiger charge is 2.76. The summed E-state index contributed by atoms with van der Waals surface area (Å²) in [6, 6.07) is 0. The second-order valence-corrected chi connectivity index (χ2v) is 13.4. The first-order valence-corrected chi connectivity index (χ1v) is 15.6. The molecule has 0 radical (unpaired) electrons. The predicted molar refractivity (Wildman–Crippen MR) is 157 cm³/mol. The zero-order valence-electron chi connectivity index (χ0n) is 24.8. The number of ether oxygens (including phenoxy) is 1. The number of aliphatic imine (C=N–C) groups is 1. The van der Waals surface area contributed by atoms with Crippen LogP contribution in [0.25, 0.3) is 0 Å². The molecule has 4 aliphatic carbocycles. The monoisotopic (exact) mass is 582 g/mol. The van der Waals surface area contributed by atoms with E-state index in [4.69, 9.17) is 4.74 Å². The van der Waals surface area contributed by atoms with Crippen LogP contribution in [0.3, 0.4) is 0 Å². The van der Waals surface area contributed by atoms with Crippen molar-refractivity contribution in [1.82, 2.24) is 15.5 Å². The molecule has 0 aromatic carbocycles. The molecule has 42 heavy (non-hydrogen) atoms. The van der Waals surface area contributed by atoms with Gasteiger partial charge in [-0.15, -0.1) is 0 Å². The van der Waals surface area contributed by atoms with Crippen molar-refractivity contribution in [1.29, 1.82) is 0 Å². The summed E-state index contributed by atoms with van der Waals surface area (Å²) < 4.78 is 6.26. The number of hydrogen-bond acceptors (Lipinski definition) is 7. The zero-order chi connectivity index (χ0) is 29.7. The fourth-order valence-corrected chi connectivity index (χ4v) is 9.98. The first kappa shape index (κ1) is 29.6. The van der Waals surface area contributed by atoms with Gasteiger partial charge in [-0.05, 0) is 68.3 Å². The van der Waals surface area contributed by atoms with Gasteiger partial charge in [0.05, 0.1) is 37.5 Å². The molecule has 6 rings (SSSR count). The lowest BCUT2D eigenvalue weighted by Gasteiger charge is -2.62. The fourth-order valence-electron chi connectivity index (χ4n) is 9.98. The Morgan fingerprint density at radius 2 is 2.17 bits per heavy atom. The number of aliphatic carboxylic acids is 1. The Labute approximate surface area is 248 Å². The van der Waals surface area contributed by atoms with Gasteiger partial charge in [0.2, 0.25) is 0 Å². The summed E-state index contributed by atoms with van der Waals surface area (Å²) in [7, 11) is 1.76. The van der Waals surface area contributed by atoms with Gasteiger partial charge in [0.15, 0.2) is 5.96 Å². The molecule has 10 heteroatoms. The van der Waals surface area contributed by atoms with Crippen LogP contribution in [0.1, 0.15) is 51.9 Å². The summed E-state index contributed by atoms with van der Waals surface area (Å²) in [6.07, 6.45) is 8.29. The number of nitrogens with one attached hydrogen (secondary N) is 2. The Morgan fingerprint density at radius 3 is 2.90 bits per heavy atom. The molecule has 3 fully saturated rings. The normalized spacial score (nSPS) is 43.1. The molecule has 10 nitrogen and oxygen atoms in total. The summed E-state index contributed by atoms with van der Waals surface area (Å²) in [4.78, 5) is 19.8. The molecule has 0 unspecified atom stereocenters. The van der Waals surface area contributed by atoms with Crippen molar-refractivity contribution in [2.24, 2.45) is 39.5 Å². The molecule has 0 aromatic heterocycles. The van der Waals surface area contributed by atoms with Crippen LogP contribution in [-0.2, 0) is 9.53 Å². The van der Waals surface area contributed by atoms with Gasteiger partial charge in [-0.3, -0.25) is 4.99 Å². The second kappa shape index (κ2) is 11.3. The Morgan fingerprint density at radius 1 is 1.33 bits per heavy atom. The summed E-state index contributed by atoms with van der Waals surface area (Å²) >= 11 is 0. The van der Waals surface area contributed by atoms with E-state index in [1.54, 1.807) is 7.05 Å². The zero-order valence-corrected chi connectivity index (χ0v) is 24.8. The van der Waals surface area contributed by atoms with Gasteiger partial charge in [-0.25, -0.2) is 4.79 Å². The number of guanidine groups is 1. The van der Waals surface area contributed by atoms with Crippen molar-refractivity contribution in [3.63, 3.8) is 0 Å². The molecule has 2 spiro atoms. The van der Waals surface area contributed by atoms with Gasteiger partial charge in [0, 0.05) is 49.6 Å². The van der Waals surface area contributed by atoms with Crippen molar-refractivity contribution < 1.29 is 30.0 Å². The Bertz CT molecular complexity index is 1240. The molecule has 230 valence electrons. The minimum Gasteiger partial charge on any atom is -0.478 e. The van der Waals surface area contributed by atoms with Gasteiger partial charge < -0.3 is 40.7 Å². The van der Waals surface area contributed by atoms with E-state index >= 15 is 0 Å². The molecule has 0 aromatic rings. The van der Waals surface area contributed by atoms with E-state index in [1.165, 1.54) is 0 Å². The third-order valence-corrected chi connectivity index (χ3v) is 11.4. The Kier molecular flexibility index (Phi) is 7.94. The van der Waals surface area contributed by atoms with E-state index in [0.29, 0.717) is 39.0 Å². The molecule has 9 atom stereocenters. The van der Waals surface area contributed by atoms with Crippen LogP contribution in [-0.4, -0.2) is 102 Å². The van der Waals surface area contributed by atoms with E-state index < -0.39 is 28.5 Å². The topological polar surface area (TPSA) is 147 Å². The predicted octanol–water partition coefficient (Wildman–Crippen LogP) is 1.09. The van der Waals surface area contributed by atoms with E-state index in [9.17, 15) is 25.2 Å². The van der Waals surface area contributed by atoms with Crippen LogP contribution in [0.5, 0.6) is 0 Å². The van der Waals surface area contributed by atoms with Gasteiger partial charge in [-0.2, -0.15) is 0 Å². The molecule has 6 N–H and O–H groups in total. The lowest BCUT2D eigenvalue weighted by molar-refractivity contribution is -0.147. The molecule has 5 bridgehead atoms. The smallest absolute Gasteiger partial charge is 0.334 e. The summed E-state index contributed by atoms with van der Waals surface area (Å²) in [5.74, 6) is 6.88. The maximum atomic E-state index is 13.1. The number of nitrogens with zero attached hydrogens (tertiary/aromatic N) is 2. The minimum absolute atomic E-state index is 0.0270. The first-order valence-electron chi connectivity index (χ1n) is 15.6. The Balaban J connectivity index is 1.49. The number of aliphatic hydroxyl groups is 3. The highest BCUT2D eigenvalue weighted by atomic mass is 16.5. The van der Waals surface area contributed by atoms with Gasteiger partial charge in [-0.1, -0.05) is 24.8 Å². The van der Waals surface area contributed by atoms with Crippen LogP contribution < -0.4 is 10.6 Å². The summed E-state index contributed by atoms with van der Waals surface area (Å²) in [5.41, 5.74) is -1.67.